The second-order valence-electron chi connectivity index (χ2n) is 9.07. The number of rotatable bonds is 1. The van der Waals surface area contributed by atoms with Gasteiger partial charge in [0.15, 0.2) is 6.71 Å². The largest absolute Gasteiger partial charge is 0.262 e. The third kappa shape index (κ3) is 72.4. The zero-order valence-corrected chi connectivity index (χ0v) is 39.6. The highest BCUT2D eigenvalue weighted by molar-refractivity contribution is 9.10. The molecular weight excluding hydrogens is 865 g/mol. The van der Waals surface area contributed by atoms with Crippen molar-refractivity contribution >= 4 is 44.0 Å². The molecule has 8 heteroatoms. The molecule has 0 fully saturated rings. The molecule has 0 atom stereocenters. The molecule has 0 bridgehead atoms. The van der Waals surface area contributed by atoms with Crippen LogP contribution in [-0.4, -0.2) is 31.6 Å². The van der Waals surface area contributed by atoms with E-state index in [1.165, 1.54) is 5.46 Å². The Balaban J connectivity index is -0.0000000304. The molecule has 358 valence electrons. The van der Waals surface area contributed by atoms with Crippen LogP contribution in [0.4, 0.5) is 0 Å². The topological polar surface area (TPSA) is 64.5 Å². The number of aromatic nitrogens is 5. The van der Waals surface area contributed by atoms with E-state index in [4.69, 9.17) is 0 Å². The van der Waals surface area contributed by atoms with Crippen LogP contribution in [0, 0.1) is 34.6 Å². The number of aryl methyl sites for hydroxylation is 5. The molecule has 0 N–H and O–H groups in total. The molecule has 5 aromatic heterocycles. The van der Waals surface area contributed by atoms with E-state index >= 15 is 0 Å². The van der Waals surface area contributed by atoms with Crippen molar-refractivity contribution in [2.75, 3.05) is 0 Å². The van der Waals surface area contributed by atoms with Gasteiger partial charge in [-0.05, 0) is 121 Å². The first kappa shape index (κ1) is 96.5. The molecule has 0 saturated heterocycles. The fourth-order valence-corrected chi connectivity index (χ4v) is 3.09. The lowest BCUT2D eigenvalue weighted by molar-refractivity contribution is 1.19. The highest BCUT2D eigenvalue weighted by atomic mass is 79.9. The van der Waals surface area contributed by atoms with Gasteiger partial charge < -0.3 is 0 Å². The minimum atomic E-state index is 0. The van der Waals surface area contributed by atoms with E-state index in [2.05, 4.69) is 82.6 Å². The van der Waals surface area contributed by atoms with Gasteiger partial charge in [0.1, 0.15) is 0 Å². The smallest absolute Gasteiger partial charge is 0.171 e. The summed E-state index contributed by atoms with van der Waals surface area (Å²) in [6.45, 7) is 38.8. The monoisotopic (exact) mass is 972 g/mol. The first-order valence-electron chi connectivity index (χ1n) is 18.9. The van der Waals surface area contributed by atoms with Crippen LogP contribution in [0.2, 0.25) is 13.6 Å². The summed E-state index contributed by atoms with van der Waals surface area (Å²) in [6, 6.07) is 23.8. The van der Waals surface area contributed by atoms with Gasteiger partial charge in [0.25, 0.3) is 0 Å². The highest BCUT2D eigenvalue weighted by Crippen LogP contribution is 2.06. The van der Waals surface area contributed by atoms with E-state index in [1.807, 2.05) is 185 Å². The summed E-state index contributed by atoms with van der Waals surface area (Å²) in [5, 5.41) is 0. The SMILES string of the molecule is C.C.C.C.C.C.C.C.CB(C)c1ccc(C)nc1.CC.CC.CC.CC.CC.CC.Cc1ccc(Br)cn1.Cc1ccc(Br)cn1.Cc1ccccn1.Cc1ccccn1.[HH]. The van der Waals surface area contributed by atoms with Crippen molar-refractivity contribution < 1.29 is 1.43 Å². The van der Waals surface area contributed by atoms with Gasteiger partial charge in [0.05, 0.1) is 0 Å². The van der Waals surface area contributed by atoms with Crippen molar-refractivity contribution in [1.29, 1.82) is 0 Å². The zero-order valence-electron chi connectivity index (χ0n) is 36.4. The van der Waals surface area contributed by atoms with E-state index in [0.29, 0.717) is 6.71 Å². The van der Waals surface area contributed by atoms with E-state index < -0.39 is 0 Å². The van der Waals surface area contributed by atoms with E-state index in [9.17, 15) is 0 Å². The Bertz CT molecular complexity index is 1190. The lowest BCUT2D eigenvalue weighted by Gasteiger charge is -1.99. The summed E-state index contributed by atoms with van der Waals surface area (Å²) in [5.41, 5.74) is 6.64. The first-order valence-corrected chi connectivity index (χ1v) is 20.5. The Labute approximate surface area is 400 Å². The lowest BCUT2D eigenvalue weighted by atomic mass is 9.50. The number of pyridine rings is 5. The van der Waals surface area contributed by atoms with Crippen LogP contribution >= 0.6 is 31.9 Å². The Morgan fingerprint density at radius 1 is 0.350 bits per heavy atom. The van der Waals surface area contributed by atoms with Gasteiger partial charge in [-0.1, -0.05) is 180 Å². The molecule has 0 aliphatic carbocycles. The van der Waals surface area contributed by atoms with Gasteiger partial charge >= 0.3 is 0 Å². The van der Waals surface area contributed by atoms with Crippen molar-refractivity contribution in [3.05, 3.63) is 141 Å². The fraction of sp³-hybridized carbons (Fsp3) is 0.519. The van der Waals surface area contributed by atoms with Crippen LogP contribution in [-0.2, 0) is 0 Å². The molecule has 5 aromatic rings. The second-order valence-corrected chi connectivity index (χ2v) is 10.9. The minimum Gasteiger partial charge on any atom is -0.262 e. The molecule has 0 radical (unpaired) electrons. The maximum Gasteiger partial charge on any atom is 0.171 e. The van der Waals surface area contributed by atoms with Gasteiger partial charge in [-0.3, -0.25) is 24.9 Å². The third-order valence-electron chi connectivity index (χ3n) is 4.98. The molecule has 0 aliphatic heterocycles. The molecule has 0 aromatic carbocycles. The van der Waals surface area contributed by atoms with E-state index in [1.54, 1.807) is 24.8 Å². The maximum atomic E-state index is 4.20. The predicted octanol–water partition coefficient (Wildman–Crippen LogP) is 19.9. The third-order valence-corrected chi connectivity index (χ3v) is 5.92. The average molecular weight is 974 g/mol. The number of nitrogens with zero attached hydrogens (tertiary/aromatic N) is 5. The van der Waals surface area contributed by atoms with Crippen LogP contribution in [0.25, 0.3) is 0 Å². The Morgan fingerprint density at radius 2 is 0.600 bits per heavy atom. The van der Waals surface area contributed by atoms with Gasteiger partial charge in [0, 0.05) is 69.8 Å². The van der Waals surface area contributed by atoms with Crippen LogP contribution in [0.5, 0.6) is 0 Å². The average Bonchev–Trinajstić information content (AvgIpc) is 3.20. The molecule has 60 heavy (non-hydrogen) atoms. The maximum absolute atomic E-state index is 4.20. The summed E-state index contributed by atoms with van der Waals surface area (Å²) >= 11 is 6.57. The number of halogens is 2. The van der Waals surface area contributed by atoms with Gasteiger partial charge in [-0.25, -0.2) is 0 Å². The molecule has 0 aliphatic rings. The van der Waals surface area contributed by atoms with Crippen LogP contribution in [0.1, 0.15) is 172 Å². The lowest BCUT2D eigenvalue weighted by Crippen LogP contribution is -2.22. The summed E-state index contributed by atoms with van der Waals surface area (Å²) in [7, 11) is 0. The van der Waals surface area contributed by atoms with Crippen molar-refractivity contribution in [1.82, 2.24) is 24.9 Å². The summed E-state index contributed by atoms with van der Waals surface area (Å²) in [4.78, 5) is 20.2. The molecule has 0 spiro atoms. The van der Waals surface area contributed by atoms with Crippen molar-refractivity contribution in [2.45, 2.75) is 191 Å². The van der Waals surface area contributed by atoms with Crippen LogP contribution in [0.15, 0.2) is 113 Å². The van der Waals surface area contributed by atoms with Crippen molar-refractivity contribution in [3.63, 3.8) is 0 Å². The minimum absolute atomic E-state index is 0. The Kier molecular flexibility index (Phi) is 128. The van der Waals surface area contributed by atoms with Crippen molar-refractivity contribution in [2.24, 2.45) is 0 Å². The Hall–Kier alpha value is -3.23. The van der Waals surface area contributed by atoms with Gasteiger partial charge in [0.2, 0.25) is 0 Å². The summed E-state index contributed by atoms with van der Waals surface area (Å²) in [6.07, 6.45) is 9.09. The molecule has 0 saturated carbocycles. The zero-order chi connectivity index (χ0) is 41.8. The second kappa shape index (κ2) is 79.9. The normalized spacial score (nSPS) is 6.68. The molecular formula is C52H108BBr2N5. The first-order chi connectivity index (χ1) is 25.1. The van der Waals surface area contributed by atoms with Gasteiger partial charge in [-0.15, -0.1) is 0 Å². The molecule has 5 nitrogen and oxygen atoms in total. The van der Waals surface area contributed by atoms with Crippen LogP contribution < -0.4 is 5.46 Å². The molecule has 0 unspecified atom stereocenters. The van der Waals surface area contributed by atoms with Crippen molar-refractivity contribution in [3.8, 4) is 0 Å². The standard InChI is InChI=1S/C8H12BN.2C6H6BrN.2C6H7N.6C2H6.8CH4.H2/c1-7-4-5-8(6-10-7)9(2)3;2*1-5-2-3-6(7)4-8-5;2*1-6-4-2-3-5-7-6;6*1-2;;;;;;;;;/h4-6H,1-3H3;2*2-4H,1H3;2*2-5H,1H3;6*1-2H3;8*1H4;1H. The predicted molar refractivity (Wildman–Crippen MR) is 301 cm³/mol. The number of hydrogen-bond acceptors (Lipinski definition) is 5. The van der Waals surface area contributed by atoms with E-state index in [0.717, 1.165) is 37.4 Å². The quantitative estimate of drug-likeness (QED) is 0.157. The molecule has 5 rings (SSSR count). The molecule has 0 amide bonds. The summed E-state index contributed by atoms with van der Waals surface area (Å²) in [5.74, 6) is 0. The van der Waals surface area contributed by atoms with E-state index in [-0.39, 0.29) is 60.8 Å². The van der Waals surface area contributed by atoms with Crippen LogP contribution in [0.3, 0.4) is 0 Å². The fourth-order valence-electron chi connectivity index (χ4n) is 2.62. The number of hydrogen-bond donors (Lipinski definition) is 0. The molecule has 5 heterocycles. The van der Waals surface area contributed by atoms with Gasteiger partial charge in [-0.2, -0.15) is 0 Å². The summed E-state index contributed by atoms with van der Waals surface area (Å²) < 4.78 is 2.06. The highest BCUT2D eigenvalue weighted by Gasteiger charge is 2.00. The Morgan fingerprint density at radius 3 is 0.733 bits per heavy atom.